The highest BCUT2D eigenvalue weighted by Gasteiger charge is 2.05. The van der Waals surface area contributed by atoms with Gasteiger partial charge in [0.05, 0.1) is 7.11 Å². The summed E-state index contributed by atoms with van der Waals surface area (Å²) in [5, 5.41) is 5.97. The Bertz CT molecular complexity index is 762. The summed E-state index contributed by atoms with van der Waals surface area (Å²) in [5.74, 6) is 0.892. The zero-order chi connectivity index (χ0) is 15.4. The second kappa shape index (κ2) is 7.95. The van der Waals surface area contributed by atoms with Gasteiger partial charge in [-0.3, -0.25) is 4.98 Å². The Labute approximate surface area is 143 Å². The maximum Gasteiger partial charge on any atom is 0.119 e. The third-order valence-corrected chi connectivity index (χ3v) is 3.91. The van der Waals surface area contributed by atoms with Gasteiger partial charge in [-0.1, -0.05) is 24.3 Å². The van der Waals surface area contributed by atoms with Crippen molar-refractivity contribution in [2.75, 3.05) is 7.11 Å². The Morgan fingerprint density at radius 2 is 1.87 bits per heavy atom. The minimum absolute atomic E-state index is 0. The number of halogens is 1. The number of aromatic nitrogens is 1. The molecule has 3 aromatic rings. The van der Waals surface area contributed by atoms with Crippen LogP contribution in [0.25, 0.3) is 10.8 Å². The summed E-state index contributed by atoms with van der Waals surface area (Å²) in [6.07, 6.45) is 3.71. The van der Waals surface area contributed by atoms with Crippen LogP contribution in [0.4, 0.5) is 0 Å². The molecule has 3 nitrogen and oxygen atoms in total. The summed E-state index contributed by atoms with van der Waals surface area (Å²) in [4.78, 5) is 4.17. The summed E-state index contributed by atoms with van der Waals surface area (Å²) in [7, 11) is 1.69. The van der Waals surface area contributed by atoms with E-state index in [1.807, 2.05) is 18.3 Å². The number of fused-ring (bicyclic) bond motifs is 1. The molecule has 4 heteroatoms. The first-order valence-corrected chi connectivity index (χ1v) is 7.46. The number of rotatable bonds is 5. The topological polar surface area (TPSA) is 34.1 Å². The zero-order valence-corrected chi connectivity index (χ0v) is 14.1. The molecule has 0 fully saturated rings. The van der Waals surface area contributed by atoms with Crippen molar-refractivity contribution in [3.05, 3.63) is 72.1 Å². The molecule has 0 aliphatic heterocycles. The first-order valence-electron chi connectivity index (χ1n) is 7.46. The Morgan fingerprint density at radius 1 is 1.09 bits per heavy atom. The van der Waals surface area contributed by atoms with Crippen LogP contribution < -0.4 is 10.1 Å². The molecule has 1 N–H and O–H groups in total. The fraction of sp³-hybridized carbons (Fsp3) is 0.211. The number of methoxy groups -OCH3 is 1. The predicted molar refractivity (Wildman–Crippen MR) is 97.2 cm³/mol. The average molecular weight is 329 g/mol. The van der Waals surface area contributed by atoms with Crippen molar-refractivity contribution in [3.63, 3.8) is 0 Å². The third-order valence-electron chi connectivity index (χ3n) is 3.91. The Hall–Kier alpha value is -2.10. The summed E-state index contributed by atoms with van der Waals surface area (Å²) in [6, 6.07) is 17.0. The fourth-order valence-electron chi connectivity index (χ4n) is 2.53. The van der Waals surface area contributed by atoms with Crippen LogP contribution in [0, 0.1) is 0 Å². The molecule has 0 aliphatic carbocycles. The van der Waals surface area contributed by atoms with Gasteiger partial charge in [-0.25, -0.2) is 0 Å². The van der Waals surface area contributed by atoms with E-state index < -0.39 is 0 Å². The van der Waals surface area contributed by atoms with E-state index in [4.69, 9.17) is 4.74 Å². The normalized spacial score (nSPS) is 11.7. The highest BCUT2D eigenvalue weighted by molar-refractivity contribution is 5.85. The van der Waals surface area contributed by atoms with Crippen molar-refractivity contribution in [1.29, 1.82) is 0 Å². The van der Waals surface area contributed by atoms with Gasteiger partial charge in [-0.05, 0) is 53.1 Å². The van der Waals surface area contributed by atoms with Crippen LogP contribution >= 0.6 is 12.4 Å². The highest BCUT2D eigenvalue weighted by atomic mass is 35.5. The molecule has 0 bridgehead atoms. The molecular formula is C19H21ClN2O. The summed E-state index contributed by atoms with van der Waals surface area (Å²) in [6.45, 7) is 2.99. The largest absolute Gasteiger partial charge is 0.497 e. The van der Waals surface area contributed by atoms with Crippen LogP contribution in [-0.2, 0) is 6.54 Å². The van der Waals surface area contributed by atoms with E-state index in [-0.39, 0.29) is 18.4 Å². The standard InChI is InChI=1S/C19H20N2O.ClH/c1-14(18-4-3-9-20-13-18)21-12-15-5-6-17-11-19(22-2)8-7-16(17)10-15;/h3-11,13-14,21H,12H2,1-2H3;1H. The maximum absolute atomic E-state index is 5.26. The van der Waals surface area contributed by atoms with Gasteiger partial charge < -0.3 is 10.1 Å². The van der Waals surface area contributed by atoms with Gasteiger partial charge in [0.1, 0.15) is 5.75 Å². The molecule has 1 unspecified atom stereocenters. The number of hydrogen-bond acceptors (Lipinski definition) is 3. The molecule has 1 heterocycles. The molecule has 0 aliphatic rings. The first-order chi connectivity index (χ1) is 10.8. The molecule has 23 heavy (non-hydrogen) atoms. The van der Waals surface area contributed by atoms with Crippen molar-refractivity contribution < 1.29 is 4.74 Å². The average Bonchev–Trinajstić information content (AvgIpc) is 2.59. The van der Waals surface area contributed by atoms with Crippen LogP contribution in [0.15, 0.2) is 60.9 Å². The van der Waals surface area contributed by atoms with Gasteiger partial charge in [-0.2, -0.15) is 0 Å². The second-order valence-electron chi connectivity index (χ2n) is 5.44. The van der Waals surface area contributed by atoms with E-state index >= 15 is 0 Å². The summed E-state index contributed by atoms with van der Waals surface area (Å²) in [5.41, 5.74) is 2.47. The summed E-state index contributed by atoms with van der Waals surface area (Å²) >= 11 is 0. The number of nitrogens with zero attached hydrogens (tertiary/aromatic N) is 1. The smallest absolute Gasteiger partial charge is 0.119 e. The number of benzene rings is 2. The lowest BCUT2D eigenvalue weighted by molar-refractivity contribution is 0.415. The van der Waals surface area contributed by atoms with Crippen molar-refractivity contribution in [2.45, 2.75) is 19.5 Å². The Balaban J connectivity index is 0.00000192. The number of pyridine rings is 1. The Kier molecular flexibility index (Phi) is 5.97. The molecule has 0 saturated carbocycles. The fourth-order valence-corrected chi connectivity index (χ4v) is 2.53. The lowest BCUT2D eigenvalue weighted by atomic mass is 10.1. The maximum atomic E-state index is 5.26. The molecule has 2 aromatic carbocycles. The molecule has 0 spiro atoms. The van der Waals surface area contributed by atoms with Crippen LogP contribution in [0.3, 0.4) is 0 Å². The molecular weight excluding hydrogens is 308 g/mol. The van der Waals surface area contributed by atoms with Crippen molar-refractivity contribution in [2.24, 2.45) is 0 Å². The van der Waals surface area contributed by atoms with Crippen molar-refractivity contribution in [3.8, 4) is 5.75 Å². The molecule has 3 rings (SSSR count). The minimum atomic E-state index is 0. The van der Waals surface area contributed by atoms with Gasteiger partial charge in [0.25, 0.3) is 0 Å². The van der Waals surface area contributed by atoms with Gasteiger partial charge in [-0.15, -0.1) is 12.4 Å². The minimum Gasteiger partial charge on any atom is -0.497 e. The van der Waals surface area contributed by atoms with Gasteiger partial charge in [0.15, 0.2) is 0 Å². The van der Waals surface area contributed by atoms with Crippen molar-refractivity contribution in [1.82, 2.24) is 10.3 Å². The summed E-state index contributed by atoms with van der Waals surface area (Å²) < 4.78 is 5.26. The third kappa shape index (κ3) is 4.21. The number of hydrogen-bond donors (Lipinski definition) is 1. The number of ether oxygens (including phenoxy) is 1. The van der Waals surface area contributed by atoms with Gasteiger partial charge in [0.2, 0.25) is 0 Å². The van der Waals surface area contributed by atoms with Crippen LogP contribution in [0.2, 0.25) is 0 Å². The SMILES string of the molecule is COc1ccc2cc(CNC(C)c3cccnc3)ccc2c1.Cl. The molecule has 120 valence electrons. The predicted octanol–water partition coefficient (Wildman–Crippen LogP) is 4.52. The van der Waals surface area contributed by atoms with Gasteiger partial charge >= 0.3 is 0 Å². The van der Waals surface area contributed by atoms with E-state index in [1.54, 1.807) is 13.3 Å². The van der Waals surface area contributed by atoms with E-state index in [9.17, 15) is 0 Å². The van der Waals surface area contributed by atoms with Crippen molar-refractivity contribution >= 4 is 23.2 Å². The lowest BCUT2D eigenvalue weighted by Crippen LogP contribution is -2.18. The molecule has 0 saturated heterocycles. The second-order valence-corrected chi connectivity index (χ2v) is 5.44. The first kappa shape index (κ1) is 17.3. The number of nitrogens with one attached hydrogen (secondary N) is 1. The van der Waals surface area contributed by atoms with E-state index in [0.29, 0.717) is 0 Å². The van der Waals surface area contributed by atoms with Crippen LogP contribution in [-0.4, -0.2) is 12.1 Å². The zero-order valence-electron chi connectivity index (χ0n) is 13.3. The van der Waals surface area contributed by atoms with E-state index in [0.717, 1.165) is 12.3 Å². The molecule has 1 aromatic heterocycles. The lowest BCUT2D eigenvalue weighted by Gasteiger charge is -2.14. The van der Waals surface area contributed by atoms with E-state index in [1.165, 1.54) is 21.9 Å². The van der Waals surface area contributed by atoms with E-state index in [2.05, 4.69) is 53.6 Å². The molecule has 1 atom stereocenters. The monoisotopic (exact) mass is 328 g/mol. The van der Waals surface area contributed by atoms with Gasteiger partial charge in [0, 0.05) is 25.0 Å². The highest BCUT2D eigenvalue weighted by Crippen LogP contribution is 2.22. The van der Waals surface area contributed by atoms with Crippen LogP contribution in [0.1, 0.15) is 24.1 Å². The Morgan fingerprint density at radius 3 is 2.61 bits per heavy atom. The molecule has 0 amide bonds. The quantitative estimate of drug-likeness (QED) is 0.748. The van der Waals surface area contributed by atoms with Crippen LogP contribution in [0.5, 0.6) is 5.75 Å². The molecule has 0 radical (unpaired) electrons.